The van der Waals surface area contributed by atoms with Crippen LogP contribution in [0.2, 0.25) is 0 Å². The summed E-state index contributed by atoms with van der Waals surface area (Å²) >= 11 is 1.81. The Bertz CT molecular complexity index is 733. The Hall–Kier alpha value is -1.43. The van der Waals surface area contributed by atoms with Gasteiger partial charge in [-0.3, -0.25) is 9.69 Å². The van der Waals surface area contributed by atoms with Crippen molar-refractivity contribution < 1.29 is 9.53 Å². The van der Waals surface area contributed by atoms with Gasteiger partial charge in [-0.05, 0) is 30.4 Å². The Morgan fingerprint density at radius 3 is 2.77 bits per heavy atom. The van der Waals surface area contributed by atoms with Gasteiger partial charge >= 0.3 is 0 Å². The van der Waals surface area contributed by atoms with Gasteiger partial charge in [-0.15, -0.1) is 11.3 Å². The molecule has 2 fully saturated rings. The van der Waals surface area contributed by atoms with Crippen molar-refractivity contribution in [1.82, 2.24) is 10.2 Å². The lowest BCUT2D eigenvalue weighted by atomic mass is 9.88. The lowest BCUT2D eigenvalue weighted by Crippen LogP contribution is -2.67. The average molecular weight is 316 g/mol. The van der Waals surface area contributed by atoms with E-state index in [4.69, 9.17) is 4.74 Å². The maximum absolute atomic E-state index is 11.5. The molecule has 1 amide bonds. The number of likely N-dealkylation sites (tertiary alicyclic amines) is 1. The summed E-state index contributed by atoms with van der Waals surface area (Å²) in [7, 11) is 1.77. The SMILES string of the molecule is COC(c1sc2ccccc2c1C)N1CC2(CCC(=O)N2)C1. The highest BCUT2D eigenvalue weighted by molar-refractivity contribution is 7.19. The highest BCUT2D eigenvalue weighted by atomic mass is 32.1. The van der Waals surface area contributed by atoms with Crippen LogP contribution in [0.3, 0.4) is 0 Å². The molecule has 4 rings (SSSR count). The molecule has 0 radical (unpaired) electrons. The molecule has 2 aromatic rings. The third-order valence-corrected chi connectivity index (χ3v) is 6.21. The number of carbonyl (C=O) groups is 1. The average Bonchev–Trinajstić information content (AvgIpc) is 3.02. The Kier molecular flexibility index (Phi) is 3.25. The van der Waals surface area contributed by atoms with Crippen LogP contribution in [0.4, 0.5) is 0 Å². The summed E-state index contributed by atoms with van der Waals surface area (Å²) < 4.78 is 7.11. The maximum atomic E-state index is 11.5. The Balaban J connectivity index is 1.60. The Labute approximate surface area is 134 Å². The van der Waals surface area contributed by atoms with Gasteiger partial charge in [-0.25, -0.2) is 0 Å². The van der Waals surface area contributed by atoms with Crippen molar-refractivity contribution in [2.75, 3.05) is 20.2 Å². The number of rotatable bonds is 3. The van der Waals surface area contributed by atoms with Crippen molar-refractivity contribution in [3.05, 3.63) is 34.7 Å². The second-order valence-corrected chi connectivity index (χ2v) is 7.49. The predicted octanol–water partition coefficient (Wildman–Crippen LogP) is 2.82. The van der Waals surface area contributed by atoms with Crippen LogP contribution in [-0.4, -0.2) is 36.5 Å². The summed E-state index contributed by atoms with van der Waals surface area (Å²) in [4.78, 5) is 15.1. The molecular weight excluding hydrogens is 296 g/mol. The van der Waals surface area contributed by atoms with Gasteiger partial charge in [0.15, 0.2) is 0 Å². The first-order valence-corrected chi connectivity index (χ1v) is 8.49. The fourth-order valence-corrected chi connectivity index (χ4v) is 5.08. The highest BCUT2D eigenvalue weighted by Gasteiger charge is 2.50. The first-order chi connectivity index (χ1) is 10.6. The fraction of sp³-hybridized carbons (Fsp3) is 0.471. The zero-order valence-electron chi connectivity index (χ0n) is 12.9. The van der Waals surface area contributed by atoms with Crippen LogP contribution in [0.15, 0.2) is 24.3 Å². The smallest absolute Gasteiger partial charge is 0.220 e. The van der Waals surface area contributed by atoms with Crippen LogP contribution in [0, 0.1) is 6.92 Å². The van der Waals surface area contributed by atoms with Crippen molar-refractivity contribution in [2.45, 2.75) is 31.5 Å². The molecule has 0 aliphatic carbocycles. The number of hydrogen-bond acceptors (Lipinski definition) is 4. The van der Waals surface area contributed by atoms with E-state index < -0.39 is 0 Å². The van der Waals surface area contributed by atoms with Gasteiger partial charge in [-0.2, -0.15) is 0 Å². The van der Waals surface area contributed by atoms with Crippen LogP contribution in [0.25, 0.3) is 10.1 Å². The third-order valence-electron chi connectivity index (χ3n) is 4.91. The minimum Gasteiger partial charge on any atom is -0.361 e. The number of ether oxygens (including phenoxy) is 1. The summed E-state index contributed by atoms with van der Waals surface area (Å²) in [6.45, 7) is 3.93. The zero-order chi connectivity index (χ0) is 15.3. The second-order valence-electron chi connectivity index (χ2n) is 6.41. The summed E-state index contributed by atoms with van der Waals surface area (Å²) in [6, 6.07) is 8.50. The topological polar surface area (TPSA) is 41.6 Å². The van der Waals surface area contributed by atoms with Gasteiger partial charge in [0.2, 0.25) is 5.91 Å². The van der Waals surface area contributed by atoms with Crippen LogP contribution in [0.1, 0.15) is 29.5 Å². The molecule has 2 aliphatic rings. The number of nitrogens with one attached hydrogen (secondary N) is 1. The van der Waals surface area contributed by atoms with E-state index in [2.05, 4.69) is 41.4 Å². The second kappa shape index (κ2) is 5.05. The molecule has 22 heavy (non-hydrogen) atoms. The quantitative estimate of drug-likeness (QED) is 0.947. The highest BCUT2D eigenvalue weighted by Crippen LogP contribution is 2.42. The molecule has 0 bridgehead atoms. The van der Waals surface area contributed by atoms with Gasteiger partial charge in [-0.1, -0.05) is 18.2 Å². The van der Waals surface area contributed by atoms with E-state index >= 15 is 0 Å². The molecule has 1 atom stereocenters. The first-order valence-electron chi connectivity index (χ1n) is 7.68. The number of fused-ring (bicyclic) bond motifs is 1. The van der Waals surface area contributed by atoms with Crippen LogP contribution >= 0.6 is 11.3 Å². The van der Waals surface area contributed by atoms with E-state index in [1.165, 1.54) is 20.5 Å². The van der Waals surface area contributed by atoms with Gasteiger partial charge in [0, 0.05) is 31.3 Å². The van der Waals surface area contributed by atoms with Crippen LogP contribution in [-0.2, 0) is 9.53 Å². The zero-order valence-corrected chi connectivity index (χ0v) is 13.7. The summed E-state index contributed by atoms with van der Waals surface area (Å²) in [5.41, 5.74) is 1.31. The first kappa shape index (κ1) is 14.2. The van der Waals surface area contributed by atoms with Crippen molar-refractivity contribution in [2.24, 2.45) is 0 Å². The van der Waals surface area contributed by atoms with Crippen LogP contribution < -0.4 is 5.32 Å². The molecule has 2 aliphatic heterocycles. The fourth-order valence-electron chi connectivity index (χ4n) is 3.76. The van der Waals surface area contributed by atoms with Crippen LogP contribution in [0.5, 0.6) is 0 Å². The summed E-state index contributed by atoms with van der Waals surface area (Å²) in [5, 5.41) is 4.45. The molecule has 116 valence electrons. The molecule has 4 nitrogen and oxygen atoms in total. The molecule has 1 unspecified atom stereocenters. The van der Waals surface area contributed by atoms with Gasteiger partial charge < -0.3 is 10.1 Å². The minimum absolute atomic E-state index is 0.00154. The molecule has 2 saturated heterocycles. The lowest BCUT2D eigenvalue weighted by molar-refractivity contribution is -0.125. The Morgan fingerprint density at radius 2 is 2.14 bits per heavy atom. The Morgan fingerprint density at radius 1 is 1.36 bits per heavy atom. The van der Waals surface area contributed by atoms with Crippen molar-refractivity contribution in [3.63, 3.8) is 0 Å². The number of nitrogens with zero attached hydrogens (tertiary/aromatic N) is 1. The number of hydrogen-bond donors (Lipinski definition) is 1. The molecule has 1 aromatic heterocycles. The van der Waals surface area contributed by atoms with E-state index in [0.29, 0.717) is 6.42 Å². The summed E-state index contributed by atoms with van der Waals surface area (Å²) in [5.74, 6) is 0.187. The predicted molar refractivity (Wildman–Crippen MR) is 88.0 cm³/mol. The molecule has 5 heteroatoms. The lowest BCUT2D eigenvalue weighted by Gasteiger charge is -2.50. The third kappa shape index (κ3) is 2.07. The number of thiophene rings is 1. The standard InChI is InChI=1S/C17H20N2O2S/c1-11-12-5-3-4-6-13(12)22-15(11)16(21-2)19-9-17(10-19)8-7-14(20)18-17/h3-6,16H,7-10H2,1-2H3,(H,18,20). The van der Waals surface area contributed by atoms with Crippen molar-refractivity contribution in [1.29, 1.82) is 0 Å². The summed E-state index contributed by atoms with van der Waals surface area (Å²) in [6.07, 6.45) is 1.60. The number of carbonyl (C=O) groups excluding carboxylic acids is 1. The van der Waals surface area contributed by atoms with Gasteiger partial charge in [0.1, 0.15) is 6.23 Å². The van der Waals surface area contributed by atoms with E-state index in [1.807, 2.05) is 11.3 Å². The number of benzene rings is 1. The normalized spacial score (nSPS) is 22.0. The van der Waals surface area contributed by atoms with E-state index in [0.717, 1.165) is 19.5 Å². The molecular formula is C17H20N2O2S. The molecule has 1 N–H and O–H groups in total. The van der Waals surface area contributed by atoms with Crippen molar-refractivity contribution in [3.8, 4) is 0 Å². The van der Waals surface area contributed by atoms with E-state index in [-0.39, 0.29) is 17.7 Å². The van der Waals surface area contributed by atoms with E-state index in [1.54, 1.807) is 7.11 Å². The molecule has 0 saturated carbocycles. The number of amides is 1. The largest absolute Gasteiger partial charge is 0.361 e. The monoisotopic (exact) mass is 316 g/mol. The molecule has 1 spiro atoms. The molecule has 3 heterocycles. The number of aryl methyl sites for hydroxylation is 1. The maximum Gasteiger partial charge on any atom is 0.220 e. The molecule has 1 aromatic carbocycles. The van der Waals surface area contributed by atoms with E-state index in [9.17, 15) is 4.79 Å². The van der Waals surface area contributed by atoms with Gasteiger partial charge in [0.05, 0.1) is 10.4 Å². The minimum atomic E-state index is -0.0134. The van der Waals surface area contributed by atoms with Gasteiger partial charge in [0.25, 0.3) is 0 Å². The number of methoxy groups -OCH3 is 1. The van der Waals surface area contributed by atoms with Crippen molar-refractivity contribution >= 4 is 27.3 Å².